The smallest absolute Gasteiger partial charge is 0.224 e. The van der Waals surface area contributed by atoms with Crippen LogP contribution in [0.5, 0.6) is 0 Å². The van der Waals surface area contributed by atoms with Gasteiger partial charge in [0.15, 0.2) is 5.82 Å². The number of aryl methyl sites for hydroxylation is 1. The first-order valence-corrected chi connectivity index (χ1v) is 6.71. The van der Waals surface area contributed by atoms with Crippen molar-refractivity contribution in [1.29, 1.82) is 0 Å². The first kappa shape index (κ1) is 13.0. The number of hydrogen-bond donors (Lipinski definition) is 1. The fraction of sp³-hybridized carbons (Fsp3) is 0.417. The van der Waals surface area contributed by atoms with E-state index in [4.69, 9.17) is 0 Å². The third kappa shape index (κ3) is 2.53. The number of anilines is 1. The van der Waals surface area contributed by atoms with Crippen LogP contribution in [0.2, 0.25) is 0 Å². The molecule has 2 rings (SSSR count). The molecule has 0 saturated heterocycles. The van der Waals surface area contributed by atoms with Crippen LogP contribution in [-0.2, 0) is 0 Å². The summed E-state index contributed by atoms with van der Waals surface area (Å²) in [5.41, 5.74) is 1.99. The fourth-order valence-electron chi connectivity index (χ4n) is 1.64. The summed E-state index contributed by atoms with van der Waals surface area (Å²) in [7, 11) is 0. The Morgan fingerprint density at radius 2 is 2.17 bits per heavy atom. The lowest BCUT2D eigenvalue weighted by molar-refractivity contribution is 0.799. The van der Waals surface area contributed by atoms with Gasteiger partial charge in [0.1, 0.15) is 0 Å². The standard InChI is InChI=1S/C12H16BrN5/c1-4-6-14-12-15-7-5-10(16-12)18-9(3)11(13)8(2)17-18/h5,7H,4,6H2,1-3H3,(H,14,15,16). The molecule has 0 unspecified atom stereocenters. The molecule has 0 amide bonds. The molecule has 18 heavy (non-hydrogen) atoms. The molecule has 0 aliphatic rings. The highest BCUT2D eigenvalue weighted by Crippen LogP contribution is 2.22. The zero-order valence-corrected chi connectivity index (χ0v) is 12.3. The minimum absolute atomic E-state index is 0.637. The molecular weight excluding hydrogens is 294 g/mol. The molecule has 2 aromatic heterocycles. The van der Waals surface area contributed by atoms with E-state index in [1.165, 1.54) is 0 Å². The summed E-state index contributed by atoms with van der Waals surface area (Å²) >= 11 is 3.52. The molecule has 0 saturated carbocycles. The number of nitrogens with zero attached hydrogens (tertiary/aromatic N) is 4. The molecule has 0 fully saturated rings. The van der Waals surface area contributed by atoms with E-state index in [9.17, 15) is 0 Å². The van der Waals surface area contributed by atoms with Crippen molar-refractivity contribution in [3.8, 4) is 5.82 Å². The molecule has 0 aliphatic carbocycles. The normalized spacial score (nSPS) is 10.7. The van der Waals surface area contributed by atoms with Crippen LogP contribution in [-0.4, -0.2) is 26.3 Å². The molecule has 5 nitrogen and oxygen atoms in total. The van der Waals surface area contributed by atoms with Crippen molar-refractivity contribution in [3.05, 3.63) is 28.1 Å². The third-order valence-corrected chi connectivity index (χ3v) is 3.74. The molecular formula is C12H16BrN5. The maximum atomic E-state index is 4.45. The van der Waals surface area contributed by atoms with Crippen LogP contribution in [0.1, 0.15) is 24.7 Å². The summed E-state index contributed by atoms with van der Waals surface area (Å²) in [4.78, 5) is 8.64. The van der Waals surface area contributed by atoms with Gasteiger partial charge in [-0.05, 0) is 36.2 Å². The van der Waals surface area contributed by atoms with Crippen LogP contribution in [0, 0.1) is 13.8 Å². The van der Waals surface area contributed by atoms with Gasteiger partial charge in [0.05, 0.1) is 15.9 Å². The first-order valence-electron chi connectivity index (χ1n) is 5.92. The molecule has 2 heterocycles. The summed E-state index contributed by atoms with van der Waals surface area (Å²) < 4.78 is 2.84. The van der Waals surface area contributed by atoms with Gasteiger partial charge in [0.2, 0.25) is 5.95 Å². The fourth-order valence-corrected chi connectivity index (χ4v) is 1.88. The van der Waals surface area contributed by atoms with Crippen molar-refractivity contribution in [2.75, 3.05) is 11.9 Å². The van der Waals surface area contributed by atoms with Crippen LogP contribution in [0.3, 0.4) is 0 Å². The monoisotopic (exact) mass is 309 g/mol. The Bertz CT molecular complexity index is 549. The summed E-state index contributed by atoms with van der Waals surface area (Å²) in [5, 5.41) is 7.62. The zero-order chi connectivity index (χ0) is 13.1. The average molecular weight is 310 g/mol. The van der Waals surface area contributed by atoms with Crippen LogP contribution < -0.4 is 5.32 Å². The topological polar surface area (TPSA) is 55.6 Å². The molecule has 1 N–H and O–H groups in total. The number of hydrogen-bond acceptors (Lipinski definition) is 4. The van der Waals surface area contributed by atoms with E-state index in [1.807, 2.05) is 24.6 Å². The molecule has 0 spiro atoms. The number of aromatic nitrogens is 4. The predicted octanol–water partition coefficient (Wildman–Crippen LogP) is 2.86. The minimum Gasteiger partial charge on any atom is -0.354 e. The zero-order valence-electron chi connectivity index (χ0n) is 10.7. The Labute approximate surface area is 115 Å². The number of halogens is 1. The molecule has 0 aromatic carbocycles. The second-order valence-electron chi connectivity index (χ2n) is 4.06. The summed E-state index contributed by atoms with van der Waals surface area (Å²) in [6.45, 7) is 6.94. The van der Waals surface area contributed by atoms with Crippen molar-refractivity contribution in [2.45, 2.75) is 27.2 Å². The highest BCUT2D eigenvalue weighted by Gasteiger charge is 2.11. The van der Waals surface area contributed by atoms with Gasteiger partial charge >= 0.3 is 0 Å². The van der Waals surface area contributed by atoms with Crippen molar-refractivity contribution < 1.29 is 0 Å². The lowest BCUT2D eigenvalue weighted by atomic mass is 10.4. The predicted molar refractivity (Wildman–Crippen MR) is 75.1 cm³/mol. The van der Waals surface area contributed by atoms with Gasteiger partial charge in [-0.2, -0.15) is 10.1 Å². The van der Waals surface area contributed by atoms with Crippen molar-refractivity contribution >= 4 is 21.9 Å². The van der Waals surface area contributed by atoms with Crippen LogP contribution >= 0.6 is 15.9 Å². The molecule has 0 atom stereocenters. The molecule has 0 radical (unpaired) electrons. The van der Waals surface area contributed by atoms with Gasteiger partial charge in [0, 0.05) is 18.8 Å². The van der Waals surface area contributed by atoms with Crippen molar-refractivity contribution in [3.63, 3.8) is 0 Å². The Morgan fingerprint density at radius 3 is 2.78 bits per heavy atom. The first-order chi connectivity index (χ1) is 8.63. The van der Waals surface area contributed by atoms with Gasteiger partial charge in [-0.25, -0.2) is 9.67 Å². The largest absolute Gasteiger partial charge is 0.354 e. The van der Waals surface area contributed by atoms with E-state index in [0.29, 0.717) is 5.95 Å². The van der Waals surface area contributed by atoms with Gasteiger partial charge in [-0.3, -0.25) is 0 Å². The summed E-state index contributed by atoms with van der Waals surface area (Å²) in [6, 6.07) is 1.85. The highest BCUT2D eigenvalue weighted by molar-refractivity contribution is 9.10. The molecule has 0 bridgehead atoms. The molecule has 96 valence electrons. The molecule has 0 aliphatic heterocycles. The van der Waals surface area contributed by atoms with E-state index in [2.05, 4.69) is 43.2 Å². The quantitative estimate of drug-likeness (QED) is 0.943. The summed E-state index contributed by atoms with van der Waals surface area (Å²) in [5.74, 6) is 1.41. The lowest BCUT2D eigenvalue weighted by Gasteiger charge is -2.06. The van der Waals surface area contributed by atoms with E-state index < -0.39 is 0 Å². The van der Waals surface area contributed by atoms with Gasteiger partial charge in [-0.1, -0.05) is 6.92 Å². The second-order valence-corrected chi connectivity index (χ2v) is 4.85. The second kappa shape index (κ2) is 5.48. The Hall–Kier alpha value is -1.43. The molecule has 2 aromatic rings. The van der Waals surface area contributed by atoms with Gasteiger partial charge < -0.3 is 5.32 Å². The van der Waals surface area contributed by atoms with E-state index in [0.717, 1.165) is 34.6 Å². The minimum atomic E-state index is 0.637. The van der Waals surface area contributed by atoms with E-state index >= 15 is 0 Å². The Balaban J connectivity index is 2.35. The number of rotatable bonds is 4. The van der Waals surface area contributed by atoms with Crippen LogP contribution in [0.4, 0.5) is 5.95 Å². The Kier molecular flexibility index (Phi) is 3.96. The lowest BCUT2D eigenvalue weighted by Crippen LogP contribution is -2.08. The van der Waals surface area contributed by atoms with Gasteiger partial charge in [-0.15, -0.1) is 0 Å². The average Bonchev–Trinajstić information content (AvgIpc) is 2.64. The van der Waals surface area contributed by atoms with Crippen molar-refractivity contribution in [2.24, 2.45) is 0 Å². The van der Waals surface area contributed by atoms with Crippen molar-refractivity contribution in [1.82, 2.24) is 19.7 Å². The maximum Gasteiger partial charge on any atom is 0.224 e. The molecule has 6 heteroatoms. The van der Waals surface area contributed by atoms with E-state index in [1.54, 1.807) is 6.20 Å². The summed E-state index contributed by atoms with van der Waals surface area (Å²) in [6.07, 6.45) is 2.78. The Morgan fingerprint density at radius 1 is 1.39 bits per heavy atom. The van der Waals surface area contributed by atoms with E-state index in [-0.39, 0.29) is 0 Å². The SMILES string of the molecule is CCCNc1nccc(-n2nc(C)c(Br)c2C)n1. The van der Waals surface area contributed by atoms with Crippen LogP contribution in [0.25, 0.3) is 5.82 Å². The maximum absolute atomic E-state index is 4.45. The van der Waals surface area contributed by atoms with Gasteiger partial charge in [0.25, 0.3) is 0 Å². The van der Waals surface area contributed by atoms with Crippen LogP contribution in [0.15, 0.2) is 16.7 Å². The third-order valence-electron chi connectivity index (χ3n) is 2.59. The number of nitrogens with one attached hydrogen (secondary N) is 1. The highest BCUT2D eigenvalue weighted by atomic mass is 79.9.